The Balaban J connectivity index is 1.93. The van der Waals surface area contributed by atoms with Gasteiger partial charge in [0.15, 0.2) is 11.4 Å². The molecule has 6 heteroatoms. The first-order valence-electron chi connectivity index (χ1n) is 6.93. The van der Waals surface area contributed by atoms with Crippen LogP contribution < -0.4 is 5.43 Å². The molecule has 2 heterocycles. The molecule has 0 spiro atoms. The van der Waals surface area contributed by atoms with Crippen molar-refractivity contribution >= 4 is 17.5 Å². The highest BCUT2D eigenvalue weighted by molar-refractivity contribution is 6.30. The molecule has 22 heavy (non-hydrogen) atoms. The van der Waals surface area contributed by atoms with Crippen LogP contribution in [0.1, 0.15) is 21.6 Å². The number of aromatic hydroxyl groups is 1. The van der Waals surface area contributed by atoms with Crippen molar-refractivity contribution < 1.29 is 9.90 Å². The van der Waals surface area contributed by atoms with Crippen LogP contribution in [0, 0.1) is 6.92 Å². The molecule has 0 bridgehead atoms. The molecule has 0 aliphatic carbocycles. The van der Waals surface area contributed by atoms with E-state index in [-0.39, 0.29) is 11.6 Å². The van der Waals surface area contributed by atoms with E-state index >= 15 is 0 Å². The van der Waals surface area contributed by atoms with E-state index in [1.807, 2.05) is 25.1 Å². The molecule has 114 valence electrons. The first-order chi connectivity index (χ1) is 10.5. The molecule has 3 rings (SSSR count). The van der Waals surface area contributed by atoms with Crippen LogP contribution in [-0.2, 0) is 13.1 Å². The predicted molar refractivity (Wildman–Crippen MR) is 83.3 cm³/mol. The van der Waals surface area contributed by atoms with Crippen LogP contribution in [0.3, 0.4) is 0 Å². The van der Waals surface area contributed by atoms with Crippen molar-refractivity contribution in [2.45, 2.75) is 20.0 Å². The lowest BCUT2D eigenvalue weighted by molar-refractivity contribution is 0.0683. The Hall–Kier alpha value is -2.27. The number of hydrogen-bond acceptors (Lipinski definition) is 3. The number of aromatic nitrogens is 1. The molecule has 1 amide bonds. The number of rotatable bonds is 2. The standard InChI is InChI=1S/C16H15ClN2O3/c1-10-6-11(8-12(17)7-10)9-19-5-4-18-3-2-13(20)15(21)14(18)16(19)22/h2-3,6-8,21H,4-5,9H2,1H3. The molecule has 2 aromatic rings. The molecule has 5 nitrogen and oxygen atoms in total. The lowest BCUT2D eigenvalue weighted by Crippen LogP contribution is -2.41. The van der Waals surface area contributed by atoms with Gasteiger partial charge >= 0.3 is 0 Å². The molecule has 1 aromatic heterocycles. The maximum absolute atomic E-state index is 12.5. The molecule has 1 aliphatic rings. The van der Waals surface area contributed by atoms with Gasteiger partial charge in [-0.1, -0.05) is 17.7 Å². The quantitative estimate of drug-likeness (QED) is 0.923. The fourth-order valence-electron chi connectivity index (χ4n) is 2.73. The van der Waals surface area contributed by atoms with Gasteiger partial charge in [-0.3, -0.25) is 9.59 Å². The molecule has 0 fully saturated rings. The summed E-state index contributed by atoms with van der Waals surface area (Å²) in [6.45, 7) is 3.38. The number of hydrogen-bond donors (Lipinski definition) is 1. The highest BCUT2D eigenvalue weighted by Gasteiger charge is 2.28. The predicted octanol–water partition coefficient (Wildman–Crippen LogP) is 2.17. The third-order valence-electron chi connectivity index (χ3n) is 3.73. The molecule has 1 N–H and O–H groups in total. The van der Waals surface area contributed by atoms with Gasteiger partial charge in [0.1, 0.15) is 0 Å². The number of aryl methyl sites for hydroxylation is 1. The van der Waals surface area contributed by atoms with Crippen LogP contribution in [0.15, 0.2) is 35.3 Å². The SMILES string of the molecule is Cc1cc(Cl)cc(CN2CCn3ccc(=O)c(O)c3C2=O)c1. The van der Waals surface area contributed by atoms with E-state index < -0.39 is 11.2 Å². The van der Waals surface area contributed by atoms with Gasteiger partial charge in [-0.05, 0) is 30.2 Å². The Morgan fingerprint density at radius 1 is 1.23 bits per heavy atom. The average molecular weight is 319 g/mol. The van der Waals surface area contributed by atoms with Crippen molar-refractivity contribution in [3.8, 4) is 5.75 Å². The smallest absolute Gasteiger partial charge is 0.274 e. The van der Waals surface area contributed by atoms with Crippen LogP contribution >= 0.6 is 11.6 Å². The number of pyridine rings is 1. The fraction of sp³-hybridized carbons (Fsp3) is 0.250. The van der Waals surface area contributed by atoms with Crippen molar-refractivity contribution in [3.05, 3.63) is 62.5 Å². The Labute approximate surface area is 132 Å². The summed E-state index contributed by atoms with van der Waals surface area (Å²) in [7, 11) is 0. The van der Waals surface area contributed by atoms with Crippen molar-refractivity contribution in [1.82, 2.24) is 9.47 Å². The minimum absolute atomic E-state index is 0.0532. The molecule has 0 unspecified atom stereocenters. The zero-order chi connectivity index (χ0) is 15.9. The summed E-state index contributed by atoms with van der Waals surface area (Å²) in [6, 6.07) is 6.89. The normalized spacial score (nSPS) is 14.1. The average Bonchev–Trinajstić information content (AvgIpc) is 2.44. The van der Waals surface area contributed by atoms with E-state index in [0.717, 1.165) is 11.1 Å². The van der Waals surface area contributed by atoms with Crippen molar-refractivity contribution in [1.29, 1.82) is 0 Å². The van der Waals surface area contributed by atoms with Gasteiger partial charge in [0.25, 0.3) is 5.91 Å². The molecule has 0 atom stereocenters. The minimum Gasteiger partial charge on any atom is -0.503 e. The van der Waals surface area contributed by atoms with Crippen LogP contribution in [0.4, 0.5) is 0 Å². The number of carbonyl (C=O) groups is 1. The third-order valence-corrected chi connectivity index (χ3v) is 3.94. The minimum atomic E-state index is -0.542. The third kappa shape index (κ3) is 2.60. The lowest BCUT2D eigenvalue weighted by Gasteiger charge is -2.30. The molecule has 0 radical (unpaired) electrons. The zero-order valence-electron chi connectivity index (χ0n) is 12.0. The maximum Gasteiger partial charge on any atom is 0.274 e. The Kier molecular flexibility index (Phi) is 3.66. The highest BCUT2D eigenvalue weighted by atomic mass is 35.5. The summed E-state index contributed by atoms with van der Waals surface area (Å²) < 4.78 is 1.61. The van der Waals surface area contributed by atoms with Gasteiger partial charge in [0.05, 0.1) is 0 Å². The van der Waals surface area contributed by atoms with Crippen molar-refractivity contribution in [3.63, 3.8) is 0 Å². The molecular formula is C16H15ClN2O3. The van der Waals surface area contributed by atoms with Crippen molar-refractivity contribution in [2.24, 2.45) is 0 Å². The number of carbonyl (C=O) groups excluding carboxylic acids is 1. The summed E-state index contributed by atoms with van der Waals surface area (Å²) in [5.74, 6) is -0.835. The number of benzene rings is 1. The summed E-state index contributed by atoms with van der Waals surface area (Å²) in [5.41, 5.74) is 1.45. The van der Waals surface area contributed by atoms with Gasteiger partial charge in [-0.15, -0.1) is 0 Å². The van der Waals surface area contributed by atoms with Gasteiger partial charge in [0.2, 0.25) is 5.43 Å². The second kappa shape index (κ2) is 5.50. The molecule has 0 saturated heterocycles. The molecule has 0 saturated carbocycles. The monoisotopic (exact) mass is 318 g/mol. The Bertz CT molecular complexity index is 793. The van der Waals surface area contributed by atoms with Gasteiger partial charge in [-0.2, -0.15) is 0 Å². The first-order valence-corrected chi connectivity index (χ1v) is 7.31. The summed E-state index contributed by atoms with van der Waals surface area (Å²) in [5, 5.41) is 10.5. The largest absolute Gasteiger partial charge is 0.503 e. The molecule has 1 aliphatic heterocycles. The summed E-state index contributed by atoms with van der Waals surface area (Å²) in [4.78, 5) is 25.7. The van der Waals surface area contributed by atoms with Gasteiger partial charge in [0, 0.05) is 36.9 Å². The Morgan fingerprint density at radius 3 is 2.73 bits per heavy atom. The zero-order valence-corrected chi connectivity index (χ0v) is 12.8. The number of amides is 1. The van der Waals surface area contributed by atoms with E-state index in [2.05, 4.69) is 0 Å². The van der Waals surface area contributed by atoms with Gasteiger partial charge < -0.3 is 14.6 Å². The second-order valence-corrected chi connectivity index (χ2v) is 5.87. The number of nitrogens with zero attached hydrogens (tertiary/aromatic N) is 2. The van der Waals surface area contributed by atoms with Crippen LogP contribution in [-0.4, -0.2) is 27.0 Å². The van der Waals surface area contributed by atoms with Crippen LogP contribution in [0.5, 0.6) is 5.75 Å². The number of halogens is 1. The Morgan fingerprint density at radius 2 is 2.00 bits per heavy atom. The maximum atomic E-state index is 12.5. The molecular weight excluding hydrogens is 304 g/mol. The number of fused-ring (bicyclic) bond motifs is 1. The highest BCUT2D eigenvalue weighted by Crippen LogP contribution is 2.22. The van der Waals surface area contributed by atoms with E-state index in [1.165, 1.54) is 12.3 Å². The summed E-state index contributed by atoms with van der Waals surface area (Å²) >= 11 is 6.04. The van der Waals surface area contributed by atoms with E-state index in [1.54, 1.807) is 9.47 Å². The molecule has 1 aromatic carbocycles. The summed E-state index contributed by atoms with van der Waals surface area (Å²) in [6.07, 6.45) is 1.54. The van der Waals surface area contributed by atoms with Crippen molar-refractivity contribution in [2.75, 3.05) is 6.54 Å². The van der Waals surface area contributed by atoms with Crippen LogP contribution in [0.25, 0.3) is 0 Å². The van der Waals surface area contributed by atoms with E-state index in [0.29, 0.717) is 24.7 Å². The van der Waals surface area contributed by atoms with E-state index in [9.17, 15) is 14.7 Å². The lowest BCUT2D eigenvalue weighted by atomic mass is 10.1. The topological polar surface area (TPSA) is 62.5 Å². The fourth-order valence-corrected chi connectivity index (χ4v) is 3.04. The van der Waals surface area contributed by atoms with Crippen LogP contribution in [0.2, 0.25) is 5.02 Å². The van der Waals surface area contributed by atoms with E-state index in [4.69, 9.17) is 11.6 Å². The van der Waals surface area contributed by atoms with Gasteiger partial charge in [-0.25, -0.2) is 0 Å². The first kappa shape index (κ1) is 14.7. The second-order valence-electron chi connectivity index (χ2n) is 5.43.